The Morgan fingerprint density at radius 3 is 1.95 bits per heavy atom. The van der Waals surface area contributed by atoms with Crippen LogP contribution in [0, 0.1) is 24.0 Å². The van der Waals surface area contributed by atoms with Gasteiger partial charge in [-0.3, -0.25) is 14.4 Å². The molecule has 0 heterocycles. The van der Waals surface area contributed by atoms with Crippen molar-refractivity contribution in [3.63, 3.8) is 0 Å². The number of nitrogens with zero attached hydrogens (tertiary/aromatic N) is 2. The number of nitro benzene ring substituents is 1. The van der Waals surface area contributed by atoms with Gasteiger partial charge in [0.1, 0.15) is 0 Å². The number of hydrogen-bond acceptors (Lipinski definition) is 4. The van der Waals surface area contributed by atoms with Crippen molar-refractivity contribution < 1.29 is 13.3 Å². The molecule has 6 nitrogen and oxygen atoms in total. The Morgan fingerprint density at radius 1 is 1.00 bits per heavy atom. The average Bonchev–Trinajstić information content (AvgIpc) is 2.45. The maximum absolute atomic E-state index is 12.6. The van der Waals surface area contributed by atoms with Gasteiger partial charge < -0.3 is 0 Å². The van der Waals surface area contributed by atoms with Gasteiger partial charge >= 0.3 is 0 Å². The van der Waals surface area contributed by atoms with Crippen LogP contribution in [-0.4, -0.2) is 20.4 Å². The van der Waals surface area contributed by atoms with E-state index in [9.17, 15) is 18.5 Å². The largest absolute Gasteiger partial charge is 0.269 e. The zero-order valence-corrected chi connectivity index (χ0v) is 13.3. The second-order valence-corrected chi connectivity index (χ2v) is 7.04. The summed E-state index contributed by atoms with van der Waals surface area (Å²) in [6.07, 6.45) is 0. The summed E-state index contributed by atoms with van der Waals surface area (Å²) in [5, 5.41) is 10.6. The minimum Gasteiger partial charge on any atom is -0.269 e. The molecule has 0 spiro atoms. The fourth-order valence-corrected chi connectivity index (χ4v) is 3.35. The zero-order chi connectivity index (χ0) is 16.5. The van der Waals surface area contributed by atoms with Gasteiger partial charge in [0.05, 0.1) is 15.5 Å². The lowest BCUT2D eigenvalue weighted by Crippen LogP contribution is -2.26. The Labute approximate surface area is 129 Å². The van der Waals surface area contributed by atoms with Crippen LogP contribution in [0.3, 0.4) is 0 Å². The first-order valence-electron chi connectivity index (χ1n) is 6.53. The first-order valence-corrected chi connectivity index (χ1v) is 7.97. The molecular weight excluding hydrogens is 304 g/mol. The van der Waals surface area contributed by atoms with Gasteiger partial charge in [0.15, 0.2) is 0 Å². The van der Waals surface area contributed by atoms with Crippen LogP contribution in [0.4, 0.5) is 11.4 Å². The van der Waals surface area contributed by atoms with Crippen LogP contribution in [0.5, 0.6) is 0 Å². The third kappa shape index (κ3) is 3.09. The van der Waals surface area contributed by atoms with Gasteiger partial charge in [0.2, 0.25) is 0 Å². The van der Waals surface area contributed by atoms with E-state index in [0.717, 1.165) is 11.1 Å². The van der Waals surface area contributed by atoms with E-state index in [-0.39, 0.29) is 10.6 Å². The SMILES string of the molecule is Cc1cc(C)cc(N(C)S(=O)(=O)c2ccc([N+](=O)[O-])cc2)c1. The van der Waals surface area contributed by atoms with E-state index in [1.807, 2.05) is 19.9 Å². The summed E-state index contributed by atoms with van der Waals surface area (Å²) < 4.78 is 26.4. The van der Waals surface area contributed by atoms with Gasteiger partial charge in [-0.15, -0.1) is 0 Å². The molecule has 0 aliphatic rings. The van der Waals surface area contributed by atoms with Gasteiger partial charge in [0, 0.05) is 19.2 Å². The zero-order valence-electron chi connectivity index (χ0n) is 12.5. The molecule has 0 saturated carbocycles. The molecular formula is C15H16N2O4S. The number of sulfonamides is 1. The number of benzene rings is 2. The van der Waals surface area contributed by atoms with Gasteiger partial charge in [-0.1, -0.05) is 6.07 Å². The number of non-ortho nitro benzene ring substituents is 1. The normalized spacial score (nSPS) is 11.2. The smallest absolute Gasteiger partial charge is 0.269 e. The molecule has 0 aromatic heterocycles. The Morgan fingerprint density at radius 2 is 1.50 bits per heavy atom. The van der Waals surface area contributed by atoms with Crippen molar-refractivity contribution in [2.75, 3.05) is 11.4 Å². The first-order chi connectivity index (χ1) is 10.2. The molecule has 0 amide bonds. The van der Waals surface area contributed by atoms with E-state index in [1.165, 1.54) is 35.6 Å². The molecule has 0 aliphatic carbocycles. The molecule has 0 bridgehead atoms. The summed E-state index contributed by atoms with van der Waals surface area (Å²) in [6.45, 7) is 3.78. The summed E-state index contributed by atoms with van der Waals surface area (Å²) in [6, 6.07) is 10.4. The Hall–Kier alpha value is -2.41. The number of nitro groups is 1. The molecule has 7 heteroatoms. The second kappa shape index (κ2) is 5.76. The molecule has 2 aromatic rings. The van der Waals surface area contributed by atoms with Gasteiger partial charge in [-0.25, -0.2) is 8.42 Å². The monoisotopic (exact) mass is 320 g/mol. The van der Waals surface area contributed by atoms with Crippen LogP contribution in [-0.2, 0) is 10.0 Å². The highest BCUT2D eigenvalue weighted by Gasteiger charge is 2.22. The van der Waals surface area contributed by atoms with Crippen LogP contribution in [0.1, 0.15) is 11.1 Å². The third-order valence-electron chi connectivity index (χ3n) is 3.28. The van der Waals surface area contributed by atoms with Crippen molar-refractivity contribution in [3.05, 3.63) is 63.7 Å². The van der Waals surface area contributed by atoms with Crippen LogP contribution in [0.2, 0.25) is 0 Å². The Kier molecular flexibility index (Phi) is 4.18. The first kappa shape index (κ1) is 16.0. The summed E-state index contributed by atoms with van der Waals surface area (Å²) in [7, 11) is -2.29. The van der Waals surface area contributed by atoms with Gasteiger partial charge in [-0.2, -0.15) is 0 Å². The number of anilines is 1. The van der Waals surface area contributed by atoms with Crippen LogP contribution in [0.15, 0.2) is 47.4 Å². The van der Waals surface area contributed by atoms with Crippen LogP contribution < -0.4 is 4.31 Å². The summed E-state index contributed by atoms with van der Waals surface area (Å²) in [5.74, 6) is 0. The molecule has 2 rings (SSSR count). The molecule has 0 fully saturated rings. The lowest BCUT2D eigenvalue weighted by molar-refractivity contribution is -0.384. The lowest BCUT2D eigenvalue weighted by atomic mass is 10.1. The molecule has 0 saturated heterocycles. The lowest BCUT2D eigenvalue weighted by Gasteiger charge is -2.20. The predicted molar refractivity (Wildman–Crippen MR) is 84.6 cm³/mol. The molecule has 0 N–H and O–H groups in total. The van der Waals surface area contributed by atoms with Crippen molar-refractivity contribution >= 4 is 21.4 Å². The summed E-state index contributed by atoms with van der Waals surface area (Å²) in [4.78, 5) is 10.1. The third-order valence-corrected chi connectivity index (χ3v) is 5.08. The number of aryl methyl sites for hydroxylation is 2. The van der Waals surface area contributed by atoms with Crippen molar-refractivity contribution in [2.45, 2.75) is 18.7 Å². The fraction of sp³-hybridized carbons (Fsp3) is 0.200. The van der Waals surface area contributed by atoms with Gasteiger partial charge in [0.25, 0.3) is 15.7 Å². The van der Waals surface area contributed by atoms with E-state index < -0.39 is 14.9 Å². The maximum Gasteiger partial charge on any atom is 0.269 e. The highest BCUT2D eigenvalue weighted by molar-refractivity contribution is 7.92. The number of hydrogen-bond donors (Lipinski definition) is 0. The van der Waals surface area contributed by atoms with Crippen LogP contribution in [0.25, 0.3) is 0 Å². The molecule has 116 valence electrons. The second-order valence-electron chi connectivity index (χ2n) is 5.07. The quantitative estimate of drug-likeness (QED) is 0.640. The highest BCUT2D eigenvalue weighted by Crippen LogP contribution is 2.25. The molecule has 2 aromatic carbocycles. The van der Waals surface area contributed by atoms with Crippen molar-refractivity contribution in [2.24, 2.45) is 0 Å². The summed E-state index contributed by atoms with van der Waals surface area (Å²) in [5.41, 5.74) is 2.32. The van der Waals surface area contributed by atoms with E-state index in [0.29, 0.717) is 5.69 Å². The molecule has 0 radical (unpaired) electrons. The van der Waals surface area contributed by atoms with Crippen LogP contribution >= 0.6 is 0 Å². The maximum atomic E-state index is 12.6. The Balaban J connectivity index is 2.42. The number of rotatable bonds is 4. The average molecular weight is 320 g/mol. The van der Waals surface area contributed by atoms with E-state index in [2.05, 4.69) is 0 Å². The van der Waals surface area contributed by atoms with Crippen molar-refractivity contribution in [1.82, 2.24) is 0 Å². The van der Waals surface area contributed by atoms with Gasteiger partial charge in [-0.05, 0) is 49.2 Å². The van der Waals surface area contributed by atoms with E-state index in [4.69, 9.17) is 0 Å². The predicted octanol–water partition coefficient (Wildman–Crippen LogP) is 3.04. The van der Waals surface area contributed by atoms with Crippen molar-refractivity contribution in [1.29, 1.82) is 0 Å². The summed E-state index contributed by atoms with van der Waals surface area (Å²) >= 11 is 0. The highest BCUT2D eigenvalue weighted by atomic mass is 32.2. The van der Waals surface area contributed by atoms with Crippen molar-refractivity contribution in [3.8, 4) is 0 Å². The molecule has 22 heavy (non-hydrogen) atoms. The fourth-order valence-electron chi connectivity index (χ4n) is 2.17. The minimum atomic E-state index is -3.76. The molecule has 0 aliphatic heterocycles. The topological polar surface area (TPSA) is 80.5 Å². The standard InChI is InChI=1S/C15H16N2O4S/c1-11-8-12(2)10-14(9-11)16(3)22(20,21)15-6-4-13(5-7-15)17(18)19/h4-10H,1-3H3. The minimum absolute atomic E-state index is 0.0137. The Bertz CT molecular complexity index is 794. The van der Waals surface area contributed by atoms with E-state index >= 15 is 0 Å². The molecule has 0 unspecified atom stereocenters. The van der Waals surface area contributed by atoms with E-state index in [1.54, 1.807) is 12.1 Å². The molecule has 0 atom stereocenters.